The predicted octanol–water partition coefficient (Wildman–Crippen LogP) is 4.38. The fraction of sp³-hybridized carbons (Fsp3) is 0.391. The quantitative estimate of drug-likeness (QED) is 0.368. The van der Waals surface area contributed by atoms with Gasteiger partial charge in [-0.2, -0.15) is 0 Å². The number of rotatable bonds is 7. The summed E-state index contributed by atoms with van der Waals surface area (Å²) < 4.78 is 20.0. The minimum Gasteiger partial charge on any atom is -0.408 e. The van der Waals surface area contributed by atoms with Gasteiger partial charge in [0.2, 0.25) is 0 Å². The minimum absolute atomic E-state index is 0. The van der Waals surface area contributed by atoms with E-state index in [2.05, 4.69) is 9.80 Å². The Morgan fingerprint density at radius 2 is 1.62 bits per heavy atom. The number of hydrogen-bond acceptors (Lipinski definition) is 5. The number of fused-ring (bicyclic) bond motifs is 1. The van der Waals surface area contributed by atoms with Gasteiger partial charge in [-0.05, 0) is 68.8 Å². The van der Waals surface area contributed by atoms with Crippen molar-refractivity contribution in [2.24, 2.45) is 0 Å². The van der Waals surface area contributed by atoms with Crippen molar-refractivity contribution in [2.75, 3.05) is 37.6 Å². The summed E-state index contributed by atoms with van der Waals surface area (Å²) >= 11 is 0. The molecule has 2 heterocycles. The molecule has 0 atom stereocenters. The fourth-order valence-electron chi connectivity index (χ4n) is 3.98. The lowest BCUT2D eigenvalue weighted by Gasteiger charge is -2.36. The monoisotopic (exact) mass is 483 g/mol. The van der Waals surface area contributed by atoms with Crippen LogP contribution in [-0.2, 0) is 6.54 Å². The van der Waals surface area contributed by atoms with E-state index in [1.165, 1.54) is 19.1 Å². The molecular formula is C23H28Cl2FN3O3. The van der Waals surface area contributed by atoms with Crippen molar-refractivity contribution in [3.63, 3.8) is 0 Å². The number of benzene rings is 2. The Labute approximate surface area is 198 Å². The third kappa shape index (κ3) is 5.91. The molecule has 0 amide bonds. The Kier molecular flexibility index (Phi) is 9.31. The number of anilines is 1. The fourth-order valence-corrected chi connectivity index (χ4v) is 3.98. The number of oxazole rings is 1. The van der Waals surface area contributed by atoms with E-state index in [1.54, 1.807) is 22.8 Å². The summed E-state index contributed by atoms with van der Waals surface area (Å²) in [4.78, 5) is 28.4. The molecule has 174 valence electrons. The smallest absolute Gasteiger partial charge is 0.408 e. The number of unbranched alkanes of at least 4 members (excludes halogenated alkanes) is 1. The van der Waals surface area contributed by atoms with Crippen LogP contribution in [0.5, 0.6) is 0 Å². The summed E-state index contributed by atoms with van der Waals surface area (Å²) in [7, 11) is 0. The Morgan fingerprint density at radius 3 is 2.28 bits per heavy atom. The summed E-state index contributed by atoms with van der Waals surface area (Å²) in [6.45, 7) is 6.87. The number of ketones is 1. The normalized spacial score (nSPS) is 14.1. The highest BCUT2D eigenvalue weighted by Crippen LogP contribution is 2.18. The van der Waals surface area contributed by atoms with Gasteiger partial charge in [-0.25, -0.2) is 9.18 Å². The number of nitrogens with zero attached hydrogens (tertiary/aromatic N) is 3. The molecule has 9 heteroatoms. The number of Topliss-reactive ketones (excluding diaryl/α,β-unsaturated/α-hetero) is 1. The number of piperazine rings is 1. The first kappa shape index (κ1) is 25.9. The number of carbonyl (C=O) groups excluding carboxylic acids is 1. The molecule has 0 saturated carbocycles. The van der Waals surface area contributed by atoms with E-state index in [0.29, 0.717) is 17.7 Å². The number of hydrogen-bond donors (Lipinski definition) is 0. The predicted molar refractivity (Wildman–Crippen MR) is 129 cm³/mol. The van der Waals surface area contributed by atoms with Crippen molar-refractivity contribution < 1.29 is 13.6 Å². The van der Waals surface area contributed by atoms with Crippen LogP contribution in [0, 0.1) is 5.82 Å². The van der Waals surface area contributed by atoms with E-state index < -0.39 is 0 Å². The first-order chi connectivity index (χ1) is 14.5. The largest absolute Gasteiger partial charge is 0.419 e. The van der Waals surface area contributed by atoms with Crippen molar-refractivity contribution in [3.8, 4) is 0 Å². The van der Waals surface area contributed by atoms with Crippen molar-refractivity contribution in [1.29, 1.82) is 0 Å². The lowest BCUT2D eigenvalue weighted by atomic mass is 10.1. The van der Waals surface area contributed by atoms with Crippen LogP contribution >= 0.6 is 24.8 Å². The maximum absolute atomic E-state index is 13.1. The van der Waals surface area contributed by atoms with Gasteiger partial charge in [-0.1, -0.05) is 0 Å². The first-order valence-electron chi connectivity index (χ1n) is 10.4. The molecule has 1 saturated heterocycles. The van der Waals surface area contributed by atoms with Crippen LogP contribution in [0.15, 0.2) is 51.7 Å². The van der Waals surface area contributed by atoms with Crippen molar-refractivity contribution in [2.45, 2.75) is 26.3 Å². The zero-order valence-corrected chi connectivity index (χ0v) is 19.6. The molecule has 6 nitrogen and oxygen atoms in total. The maximum Gasteiger partial charge on any atom is 0.419 e. The molecule has 3 aromatic rings. The molecule has 0 radical (unpaired) electrons. The number of halogens is 3. The van der Waals surface area contributed by atoms with E-state index in [4.69, 9.17) is 4.42 Å². The van der Waals surface area contributed by atoms with Crippen LogP contribution < -0.4 is 10.7 Å². The summed E-state index contributed by atoms with van der Waals surface area (Å²) in [6.07, 6.45) is 1.86. The average molecular weight is 484 g/mol. The minimum atomic E-state index is -0.376. The molecule has 0 unspecified atom stereocenters. The van der Waals surface area contributed by atoms with Crippen LogP contribution in [0.3, 0.4) is 0 Å². The number of carbonyl (C=O) groups is 1. The molecule has 0 aliphatic carbocycles. The van der Waals surface area contributed by atoms with Crippen molar-refractivity contribution in [1.82, 2.24) is 9.47 Å². The number of aromatic nitrogens is 1. The zero-order valence-electron chi connectivity index (χ0n) is 18.0. The molecule has 32 heavy (non-hydrogen) atoms. The van der Waals surface area contributed by atoms with Gasteiger partial charge in [0.25, 0.3) is 0 Å². The average Bonchev–Trinajstić information content (AvgIpc) is 3.06. The summed E-state index contributed by atoms with van der Waals surface area (Å²) in [6, 6.07) is 11.8. The number of aryl methyl sites for hydroxylation is 1. The highest BCUT2D eigenvalue weighted by atomic mass is 35.5. The van der Waals surface area contributed by atoms with Crippen molar-refractivity contribution in [3.05, 3.63) is 64.4 Å². The van der Waals surface area contributed by atoms with Crippen LogP contribution in [-0.4, -0.2) is 48.0 Å². The van der Waals surface area contributed by atoms with Gasteiger partial charge in [0.05, 0.1) is 5.52 Å². The van der Waals surface area contributed by atoms with Gasteiger partial charge in [0.15, 0.2) is 11.4 Å². The van der Waals surface area contributed by atoms with Crippen LogP contribution in [0.2, 0.25) is 0 Å². The molecule has 1 fully saturated rings. The highest BCUT2D eigenvalue weighted by Gasteiger charge is 2.17. The first-order valence-corrected chi connectivity index (χ1v) is 10.4. The van der Waals surface area contributed by atoms with E-state index in [-0.39, 0.29) is 42.2 Å². The van der Waals surface area contributed by atoms with Crippen molar-refractivity contribution >= 4 is 47.4 Å². The summed E-state index contributed by atoms with van der Waals surface area (Å²) in [5.74, 6) is -0.633. The Morgan fingerprint density at radius 1 is 0.969 bits per heavy atom. The van der Waals surface area contributed by atoms with Gasteiger partial charge >= 0.3 is 5.76 Å². The van der Waals surface area contributed by atoms with Crippen LogP contribution in [0.4, 0.5) is 10.1 Å². The second-order valence-corrected chi connectivity index (χ2v) is 7.77. The summed E-state index contributed by atoms with van der Waals surface area (Å²) in [5, 5.41) is 0. The standard InChI is InChI=1S/C23H26FN3O3.2ClH/c1-17(28)18-4-9-21-22(16-18)30-23(29)27(21)11-3-2-10-25-12-14-26(15-13-25)20-7-5-19(24)6-8-20;;/h4-9,16H,2-3,10-15H2,1H3;2*1H. The van der Waals surface area contributed by atoms with Gasteiger partial charge < -0.3 is 9.32 Å². The molecule has 2 aromatic carbocycles. The van der Waals surface area contributed by atoms with Gasteiger partial charge in [0.1, 0.15) is 5.82 Å². The molecule has 1 aliphatic heterocycles. The molecular weight excluding hydrogens is 456 g/mol. The van der Waals surface area contributed by atoms with E-state index in [0.717, 1.165) is 56.8 Å². The SMILES string of the molecule is CC(=O)c1ccc2c(c1)oc(=O)n2CCCCN1CCN(c2ccc(F)cc2)CC1.Cl.Cl. The second kappa shape index (κ2) is 11.5. The zero-order chi connectivity index (χ0) is 21.1. The van der Waals surface area contributed by atoms with Gasteiger partial charge in [-0.15, -0.1) is 24.8 Å². The third-order valence-corrected chi connectivity index (χ3v) is 5.74. The summed E-state index contributed by atoms with van der Waals surface area (Å²) in [5.41, 5.74) is 2.81. The van der Waals surface area contributed by atoms with E-state index in [1.807, 2.05) is 12.1 Å². The molecule has 0 spiro atoms. The molecule has 4 rings (SSSR count). The third-order valence-electron chi connectivity index (χ3n) is 5.74. The second-order valence-electron chi connectivity index (χ2n) is 7.77. The van der Waals surface area contributed by atoms with Crippen LogP contribution in [0.25, 0.3) is 11.1 Å². The maximum atomic E-state index is 13.1. The lowest BCUT2D eigenvalue weighted by Crippen LogP contribution is -2.46. The molecule has 1 aliphatic rings. The van der Waals surface area contributed by atoms with E-state index >= 15 is 0 Å². The van der Waals surface area contributed by atoms with Crippen LogP contribution in [0.1, 0.15) is 30.1 Å². The Bertz CT molecular complexity index is 1090. The molecule has 1 aromatic heterocycles. The Balaban J connectivity index is 0.00000181. The van der Waals surface area contributed by atoms with Gasteiger partial charge in [-0.3, -0.25) is 14.3 Å². The molecule has 0 N–H and O–H groups in total. The Hall–Kier alpha value is -2.35. The topological polar surface area (TPSA) is 58.7 Å². The lowest BCUT2D eigenvalue weighted by molar-refractivity contribution is 0.101. The van der Waals surface area contributed by atoms with E-state index in [9.17, 15) is 14.0 Å². The highest BCUT2D eigenvalue weighted by molar-refractivity contribution is 5.96. The molecule has 0 bridgehead atoms. The van der Waals surface area contributed by atoms with Gasteiger partial charge in [0, 0.05) is 44.0 Å².